The molecule has 2 rings (SSSR count). The summed E-state index contributed by atoms with van der Waals surface area (Å²) < 4.78 is 1.01. The summed E-state index contributed by atoms with van der Waals surface area (Å²) in [6.07, 6.45) is 2.80. The van der Waals surface area contributed by atoms with Crippen molar-refractivity contribution in [2.75, 3.05) is 7.05 Å². The minimum atomic E-state index is 0.244. The summed E-state index contributed by atoms with van der Waals surface area (Å²) in [4.78, 5) is 4.48. The first-order valence-corrected chi connectivity index (χ1v) is 7.77. The second-order valence-corrected chi connectivity index (χ2v) is 6.26. The van der Waals surface area contributed by atoms with Gasteiger partial charge >= 0.3 is 0 Å². The predicted octanol–water partition coefficient (Wildman–Crippen LogP) is 4.47. The molecule has 1 aromatic heterocycles. The minimum Gasteiger partial charge on any atom is -0.311 e. The van der Waals surface area contributed by atoms with Gasteiger partial charge in [0.05, 0.1) is 11.7 Å². The molecule has 0 saturated carbocycles. The van der Waals surface area contributed by atoms with E-state index < -0.39 is 0 Å². The van der Waals surface area contributed by atoms with Gasteiger partial charge in [0, 0.05) is 10.7 Å². The van der Waals surface area contributed by atoms with Crippen molar-refractivity contribution < 1.29 is 0 Å². The van der Waals surface area contributed by atoms with Crippen molar-refractivity contribution in [1.29, 1.82) is 0 Å². The zero-order valence-corrected chi connectivity index (χ0v) is 13.8. The molecule has 1 atom stereocenters. The smallest absolute Gasteiger partial charge is 0.0577 e. The molecular formula is C17H21BrN2. The summed E-state index contributed by atoms with van der Waals surface area (Å²) in [7, 11) is 1.98. The van der Waals surface area contributed by atoms with Crippen molar-refractivity contribution in [1.82, 2.24) is 10.3 Å². The van der Waals surface area contributed by atoms with Crippen LogP contribution in [0.2, 0.25) is 0 Å². The molecule has 0 spiro atoms. The number of nitrogens with one attached hydrogen (secondary N) is 1. The lowest BCUT2D eigenvalue weighted by atomic mass is 9.98. The first-order chi connectivity index (χ1) is 9.60. The molecule has 1 N–H and O–H groups in total. The third-order valence-electron chi connectivity index (χ3n) is 3.54. The predicted molar refractivity (Wildman–Crippen MR) is 88.0 cm³/mol. The van der Waals surface area contributed by atoms with Gasteiger partial charge in [-0.15, -0.1) is 0 Å². The molecule has 2 aromatic rings. The van der Waals surface area contributed by atoms with Crippen molar-refractivity contribution in [2.24, 2.45) is 0 Å². The van der Waals surface area contributed by atoms with Crippen LogP contribution in [0.1, 0.15) is 42.6 Å². The Labute approximate surface area is 129 Å². The molecule has 0 aliphatic heterocycles. The van der Waals surface area contributed by atoms with Gasteiger partial charge in [-0.2, -0.15) is 0 Å². The fraction of sp³-hybridized carbons (Fsp3) is 0.353. The number of hydrogen-bond acceptors (Lipinski definition) is 2. The highest BCUT2D eigenvalue weighted by Gasteiger charge is 2.11. The summed E-state index contributed by atoms with van der Waals surface area (Å²) >= 11 is 3.42. The van der Waals surface area contributed by atoms with Crippen LogP contribution < -0.4 is 5.32 Å². The van der Waals surface area contributed by atoms with E-state index in [1.165, 1.54) is 11.1 Å². The number of benzene rings is 1. The van der Waals surface area contributed by atoms with Crippen LogP contribution in [0.15, 0.2) is 47.1 Å². The van der Waals surface area contributed by atoms with Gasteiger partial charge in [-0.05, 0) is 58.6 Å². The molecule has 1 unspecified atom stereocenters. The Morgan fingerprint density at radius 2 is 1.80 bits per heavy atom. The lowest BCUT2D eigenvalue weighted by Crippen LogP contribution is -2.19. The van der Waals surface area contributed by atoms with Crippen LogP contribution in [0.4, 0.5) is 0 Å². The monoisotopic (exact) mass is 332 g/mol. The van der Waals surface area contributed by atoms with Gasteiger partial charge in [-0.3, -0.25) is 4.98 Å². The number of aromatic nitrogens is 1. The maximum absolute atomic E-state index is 4.48. The van der Waals surface area contributed by atoms with E-state index in [0.29, 0.717) is 5.92 Å². The van der Waals surface area contributed by atoms with Crippen LogP contribution in [0, 0.1) is 0 Å². The topological polar surface area (TPSA) is 24.9 Å². The molecule has 106 valence electrons. The summed E-state index contributed by atoms with van der Waals surface area (Å²) in [6.45, 7) is 4.44. The molecule has 20 heavy (non-hydrogen) atoms. The maximum Gasteiger partial charge on any atom is 0.0577 e. The molecule has 0 radical (unpaired) electrons. The quantitative estimate of drug-likeness (QED) is 0.873. The maximum atomic E-state index is 4.48. The molecule has 0 fully saturated rings. The summed E-state index contributed by atoms with van der Waals surface area (Å²) in [6, 6.07) is 13.2. The van der Waals surface area contributed by atoms with Gasteiger partial charge in [-0.25, -0.2) is 0 Å². The largest absolute Gasteiger partial charge is 0.311 e. The number of pyridine rings is 1. The van der Waals surface area contributed by atoms with Gasteiger partial charge in [0.2, 0.25) is 0 Å². The van der Waals surface area contributed by atoms with E-state index in [4.69, 9.17) is 0 Å². The summed E-state index contributed by atoms with van der Waals surface area (Å²) in [5.74, 6) is 0.581. The normalized spacial score (nSPS) is 12.7. The third-order valence-corrected chi connectivity index (χ3v) is 4.01. The van der Waals surface area contributed by atoms with Gasteiger partial charge in [-0.1, -0.05) is 38.1 Å². The Morgan fingerprint density at radius 1 is 1.10 bits per heavy atom. The number of rotatable bonds is 5. The minimum absolute atomic E-state index is 0.244. The Balaban J connectivity index is 2.11. The van der Waals surface area contributed by atoms with Crippen LogP contribution >= 0.6 is 15.9 Å². The molecule has 1 aromatic carbocycles. The lowest BCUT2D eigenvalue weighted by molar-refractivity contribution is 0.575. The number of nitrogens with zero attached hydrogens (tertiary/aromatic N) is 1. The second kappa shape index (κ2) is 7.00. The van der Waals surface area contributed by atoms with E-state index in [0.717, 1.165) is 16.6 Å². The molecule has 0 aliphatic carbocycles. The van der Waals surface area contributed by atoms with Crippen LogP contribution in [-0.2, 0) is 6.42 Å². The van der Waals surface area contributed by atoms with E-state index in [9.17, 15) is 0 Å². The van der Waals surface area contributed by atoms with Gasteiger partial charge in [0.1, 0.15) is 0 Å². The van der Waals surface area contributed by atoms with E-state index in [2.05, 4.69) is 70.4 Å². The Bertz CT molecular complexity index is 532. The highest BCUT2D eigenvalue weighted by Crippen LogP contribution is 2.20. The van der Waals surface area contributed by atoms with Crippen molar-refractivity contribution in [3.8, 4) is 0 Å². The van der Waals surface area contributed by atoms with E-state index in [-0.39, 0.29) is 6.04 Å². The molecule has 0 saturated heterocycles. The Morgan fingerprint density at radius 3 is 2.30 bits per heavy atom. The molecule has 2 nitrogen and oxygen atoms in total. The second-order valence-electron chi connectivity index (χ2n) is 5.34. The lowest BCUT2D eigenvalue weighted by Gasteiger charge is -2.16. The van der Waals surface area contributed by atoms with Crippen molar-refractivity contribution in [3.05, 3.63) is 63.9 Å². The van der Waals surface area contributed by atoms with Gasteiger partial charge in [0.15, 0.2) is 0 Å². The number of likely N-dealkylation sites (N-methyl/N-ethyl adjacent to an activating group) is 1. The van der Waals surface area contributed by atoms with Gasteiger partial charge in [0.25, 0.3) is 0 Å². The van der Waals surface area contributed by atoms with E-state index in [1.807, 2.05) is 19.3 Å². The molecule has 0 aliphatic rings. The van der Waals surface area contributed by atoms with Crippen LogP contribution in [0.25, 0.3) is 0 Å². The van der Waals surface area contributed by atoms with Crippen molar-refractivity contribution in [2.45, 2.75) is 32.2 Å². The Hall–Kier alpha value is -1.19. The Kier molecular flexibility index (Phi) is 5.32. The first kappa shape index (κ1) is 15.2. The van der Waals surface area contributed by atoms with Crippen LogP contribution in [0.5, 0.6) is 0 Å². The molecule has 3 heteroatoms. The average molecular weight is 333 g/mol. The first-order valence-electron chi connectivity index (χ1n) is 6.97. The zero-order valence-electron chi connectivity index (χ0n) is 12.2. The number of hydrogen-bond donors (Lipinski definition) is 1. The van der Waals surface area contributed by atoms with Crippen molar-refractivity contribution >= 4 is 15.9 Å². The fourth-order valence-electron chi connectivity index (χ4n) is 2.22. The standard InChI is InChI=1S/C17H21BrN2/c1-12(2)14-6-4-13(5-7-14)10-17(19-3)16-9-8-15(18)11-20-16/h4-9,11-12,17,19H,10H2,1-3H3. The van der Waals surface area contributed by atoms with Crippen LogP contribution in [0.3, 0.4) is 0 Å². The third kappa shape index (κ3) is 3.90. The number of halogens is 1. The zero-order chi connectivity index (χ0) is 14.5. The van der Waals surface area contributed by atoms with Gasteiger partial charge < -0.3 is 5.32 Å². The van der Waals surface area contributed by atoms with Crippen molar-refractivity contribution in [3.63, 3.8) is 0 Å². The highest BCUT2D eigenvalue weighted by atomic mass is 79.9. The van der Waals surface area contributed by atoms with E-state index >= 15 is 0 Å². The molecule has 1 heterocycles. The molecule has 0 bridgehead atoms. The van der Waals surface area contributed by atoms with E-state index in [1.54, 1.807) is 0 Å². The van der Waals surface area contributed by atoms with Crippen LogP contribution in [-0.4, -0.2) is 12.0 Å². The summed E-state index contributed by atoms with van der Waals surface area (Å²) in [5.41, 5.74) is 3.79. The highest BCUT2D eigenvalue weighted by molar-refractivity contribution is 9.10. The SMILES string of the molecule is CNC(Cc1ccc(C(C)C)cc1)c1ccc(Br)cn1. The average Bonchev–Trinajstić information content (AvgIpc) is 2.46. The summed E-state index contributed by atoms with van der Waals surface area (Å²) in [5, 5.41) is 3.35. The fourth-order valence-corrected chi connectivity index (χ4v) is 2.46. The molecular weight excluding hydrogens is 312 g/mol. The molecule has 0 amide bonds.